The lowest BCUT2D eigenvalue weighted by Crippen LogP contribution is -2.47. The molecule has 31 heavy (non-hydrogen) atoms. The molecule has 1 N–H and O–H groups in total. The summed E-state index contributed by atoms with van der Waals surface area (Å²) in [6, 6.07) is 21.5. The van der Waals surface area contributed by atoms with Crippen LogP contribution in [0.15, 0.2) is 54.6 Å². The maximum Gasteiger partial charge on any atom is 0.0383 e. The van der Waals surface area contributed by atoms with Gasteiger partial charge in [0.2, 0.25) is 0 Å². The Morgan fingerprint density at radius 1 is 0.710 bits per heavy atom. The standard InChI is InChI=1S/C27H30N2.2ClH/c1-2-5-22(6-3-1)27(29-17-15-28-16-18-29)24-14-12-21-10-9-19-7-4-8-20-11-13-23(24)26(21)25(19)20;;/h4,7-14,22,27-28H,1-3,5-6,15-18H2;2*1H/t27-;;/m1../s1. The van der Waals surface area contributed by atoms with Crippen molar-refractivity contribution >= 4 is 57.1 Å². The minimum Gasteiger partial charge on any atom is -0.314 e. The third-order valence-electron chi connectivity index (χ3n) is 7.52. The molecule has 1 aliphatic heterocycles. The Balaban J connectivity index is 0.00000116. The van der Waals surface area contributed by atoms with Crippen molar-refractivity contribution in [2.45, 2.75) is 38.1 Å². The number of halogens is 2. The van der Waals surface area contributed by atoms with Crippen LogP contribution in [0.3, 0.4) is 0 Å². The van der Waals surface area contributed by atoms with Gasteiger partial charge in [0, 0.05) is 32.2 Å². The summed E-state index contributed by atoms with van der Waals surface area (Å²) in [6.07, 6.45) is 6.99. The molecule has 164 valence electrons. The lowest BCUT2D eigenvalue weighted by Gasteiger charge is -2.41. The Morgan fingerprint density at radius 3 is 2.03 bits per heavy atom. The quantitative estimate of drug-likeness (QED) is 0.336. The first-order valence-corrected chi connectivity index (χ1v) is 11.5. The van der Waals surface area contributed by atoms with Gasteiger partial charge in [0.25, 0.3) is 0 Å². The summed E-state index contributed by atoms with van der Waals surface area (Å²) >= 11 is 0. The van der Waals surface area contributed by atoms with Crippen LogP contribution in [0.25, 0.3) is 32.3 Å². The molecule has 2 nitrogen and oxygen atoms in total. The summed E-state index contributed by atoms with van der Waals surface area (Å²) < 4.78 is 0. The number of benzene rings is 4. The summed E-state index contributed by atoms with van der Waals surface area (Å²) in [7, 11) is 0. The molecule has 4 aromatic rings. The van der Waals surface area contributed by atoms with E-state index in [9.17, 15) is 0 Å². The molecule has 0 bridgehead atoms. The lowest BCUT2D eigenvalue weighted by molar-refractivity contribution is 0.104. The summed E-state index contributed by atoms with van der Waals surface area (Å²) in [5.74, 6) is 0.792. The molecule has 0 unspecified atom stereocenters. The summed E-state index contributed by atoms with van der Waals surface area (Å²) in [5, 5.41) is 12.1. The van der Waals surface area contributed by atoms with Gasteiger partial charge >= 0.3 is 0 Å². The average molecular weight is 455 g/mol. The van der Waals surface area contributed by atoms with E-state index in [1.165, 1.54) is 77.5 Å². The minimum atomic E-state index is 0. The van der Waals surface area contributed by atoms with Crippen LogP contribution in [0.5, 0.6) is 0 Å². The fraction of sp³-hybridized carbons (Fsp3) is 0.407. The minimum absolute atomic E-state index is 0. The predicted molar refractivity (Wildman–Crippen MR) is 138 cm³/mol. The molecule has 6 rings (SSSR count). The maximum absolute atomic E-state index is 3.56. The van der Waals surface area contributed by atoms with Gasteiger partial charge in [0.05, 0.1) is 0 Å². The van der Waals surface area contributed by atoms with Gasteiger partial charge in [-0.25, -0.2) is 0 Å². The van der Waals surface area contributed by atoms with E-state index in [-0.39, 0.29) is 24.8 Å². The van der Waals surface area contributed by atoms with Crippen LogP contribution in [0.1, 0.15) is 43.7 Å². The zero-order chi connectivity index (χ0) is 19.2. The van der Waals surface area contributed by atoms with E-state index in [1.807, 2.05) is 0 Å². The van der Waals surface area contributed by atoms with Crippen LogP contribution >= 0.6 is 24.8 Å². The van der Waals surface area contributed by atoms with E-state index < -0.39 is 0 Å². The largest absolute Gasteiger partial charge is 0.314 e. The van der Waals surface area contributed by atoms with Crippen LogP contribution in [-0.4, -0.2) is 31.1 Å². The summed E-state index contributed by atoms with van der Waals surface area (Å²) in [4.78, 5) is 2.79. The molecule has 1 saturated heterocycles. The highest BCUT2D eigenvalue weighted by Crippen LogP contribution is 2.44. The number of hydrogen-bond acceptors (Lipinski definition) is 2. The molecule has 1 atom stereocenters. The van der Waals surface area contributed by atoms with Crippen molar-refractivity contribution in [2.75, 3.05) is 26.2 Å². The molecule has 0 radical (unpaired) electrons. The zero-order valence-corrected chi connectivity index (χ0v) is 19.6. The fourth-order valence-electron chi connectivity index (χ4n) is 6.17. The van der Waals surface area contributed by atoms with Crippen LogP contribution in [0.2, 0.25) is 0 Å². The van der Waals surface area contributed by atoms with E-state index in [2.05, 4.69) is 64.8 Å². The number of piperazine rings is 1. The Bertz CT molecular complexity index is 1110. The Labute approximate surface area is 197 Å². The van der Waals surface area contributed by atoms with Crippen molar-refractivity contribution in [2.24, 2.45) is 5.92 Å². The van der Waals surface area contributed by atoms with Gasteiger partial charge in [-0.05, 0) is 56.6 Å². The molecule has 4 aromatic carbocycles. The second kappa shape index (κ2) is 9.50. The fourth-order valence-corrected chi connectivity index (χ4v) is 6.17. The third kappa shape index (κ3) is 3.89. The highest BCUT2D eigenvalue weighted by molar-refractivity contribution is 6.23. The van der Waals surface area contributed by atoms with Crippen molar-refractivity contribution in [3.8, 4) is 0 Å². The molecular formula is C27H32Cl2N2. The molecule has 2 fully saturated rings. The Morgan fingerprint density at radius 2 is 1.32 bits per heavy atom. The topological polar surface area (TPSA) is 15.3 Å². The SMILES string of the molecule is Cl.Cl.c1cc2ccc3ccc([C@@H](C4CCCCC4)N4CCNCC4)c4ccc(c1)c2c34. The van der Waals surface area contributed by atoms with Gasteiger partial charge in [-0.15, -0.1) is 24.8 Å². The van der Waals surface area contributed by atoms with Gasteiger partial charge in [-0.2, -0.15) is 0 Å². The van der Waals surface area contributed by atoms with Crippen molar-refractivity contribution in [1.82, 2.24) is 10.2 Å². The molecule has 1 aliphatic carbocycles. The smallest absolute Gasteiger partial charge is 0.0383 e. The number of rotatable bonds is 3. The van der Waals surface area contributed by atoms with Crippen molar-refractivity contribution in [3.05, 3.63) is 60.2 Å². The van der Waals surface area contributed by atoms with E-state index in [1.54, 1.807) is 5.56 Å². The molecule has 0 aromatic heterocycles. The van der Waals surface area contributed by atoms with Crippen LogP contribution in [-0.2, 0) is 0 Å². The highest BCUT2D eigenvalue weighted by Gasteiger charge is 2.32. The molecule has 4 heteroatoms. The van der Waals surface area contributed by atoms with E-state index >= 15 is 0 Å². The molecular weight excluding hydrogens is 423 g/mol. The number of nitrogens with zero attached hydrogens (tertiary/aromatic N) is 1. The molecule has 1 saturated carbocycles. The van der Waals surface area contributed by atoms with Crippen molar-refractivity contribution in [1.29, 1.82) is 0 Å². The van der Waals surface area contributed by atoms with Crippen LogP contribution in [0, 0.1) is 5.92 Å². The third-order valence-corrected chi connectivity index (χ3v) is 7.52. The first-order chi connectivity index (χ1) is 14.4. The number of nitrogens with one attached hydrogen (secondary N) is 1. The first-order valence-electron chi connectivity index (χ1n) is 11.5. The van der Waals surface area contributed by atoms with E-state index in [0.29, 0.717) is 6.04 Å². The molecule has 2 aliphatic rings. The normalized spacial score (nSPS) is 19.4. The van der Waals surface area contributed by atoms with Gasteiger partial charge in [0.15, 0.2) is 0 Å². The summed E-state index contributed by atoms with van der Waals surface area (Å²) in [6.45, 7) is 4.58. The van der Waals surface area contributed by atoms with Crippen LogP contribution in [0.4, 0.5) is 0 Å². The van der Waals surface area contributed by atoms with E-state index in [0.717, 1.165) is 19.0 Å². The van der Waals surface area contributed by atoms with Crippen molar-refractivity contribution in [3.63, 3.8) is 0 Å². The lowest BCUT2D eigenvalue weighted by atomic mass is 9.78. The Hall–Kier alpha value is -1.58. The second-order valence-corrected chi connectivity index (χ2v) is 9.14. The highest BCUT2D eigenvalue weighted by atomic mass is 35.5. The van der Waals surface area contributed by atoms with Gasteiger partial charge in [0.1, 0.15) is 0 Å². The first kappa shape index (κ1) is 22.6. The van der Waals surface area contributed by atoms with Gasteiger partial charge < -0.3 is 5.32 Å². The van der Waals surface area contributed by atoms with E-state index in [4.69, 9.17) is 0 Å². The second-order valence-electron chi connectivity index (χ2n) is 9.14. The van der Waals surface area contributed by atoms with Crippen molar-refractivity contribution < 1.29 is 0 Å². The van der Waals surface area contributed by atoms with Gasteiger partial charge in [-0.1, -0.05) is 73.9 Å². The zero-order valence-electron chi connectivity index (χ0n) is 18.0. The number of hydrogen-bond donors (Lipinski definition) is 1. The maximum atomic E-state index is 3.56. The summed E-state index contributed by atoms with van der Waals surface area (Å²) in [5.41, 5.74) is 1.57. The Kier molecular flexibility index (Phi) is 6.93. The molecule has 0 amide bonds. The average Bonchev–Trinajstić information content (AvgIpc) is 2.80. The van der Waals surface area contributed by atoms with Crippen LogP contribution < -0.4 is 5.32 Å². The molecule has 0 spiro atoms. The molecule has 1 heterocycles. The monoisotopic (exact) mass is 454 g/mol. The predicted octanol–water partition coefficient (Wildman–Crippen LogP) is 6.95. The van der Waals surface area contributed by atoms with Gasteiger partial charge in [-0.3, -0.25) is 4.90 Å².